The van der Waals surface area contributed by atoms with Crippen LogP contribution >= 0.6 is 0 Å². The second-order valence-electron chi connectivity index (χ2n) is 15.2. The summed E-state index contributed by atoms with van der Waals surface area (Å²) in [7, 11) is 0. The highest BCUT2D eigenvalue weighted by Crippen LogP contribution is 2.76. The maximum absolute atomic E-state index is 11.9. The molecular formula is C32H52O2. The minimum Gasteiger partial charge on any atom is -0.462 e. The van der Waals surface area contributed by atoms with E-state index in [0.717, 1.165) is 24.2 Å². The van der Waals surface area contributed by atoms with Crippen LogP contribution in [0.5, 0.6) is 0 Å². The van der Waals surface area contributed by atoms with Crippen LogP contribution in [0.15, 0.2) is 11.1 Å². The third-order valence-corrected chi connectivity index (χ3v) is 13.8. The third kappa shape index (κ3) is 3.08. The lowest BCUT2D eigenvalue weighted by atomic mass is 9.32. The van der Waals surface area contributed by atoms with E-state index in [4.69, 9.17) is 4.74 Å². The molecule has 0 spiro atoms. The van der Waals surface area contributed by atoms with Gasteiger partial charge in [0.2, 0.25) is 0 Å². The van der Waals surface area contributed by atoms with Crippen LogP contribution in [0, 0.1) is 50.7 Å². The fourth-order valence-corrected chi connectivity index (χ4v) is 11.6. The molecule has 0 saturated heterocycles. The van der Waals surface area contributed by atoms with E-state index in [2.05, 4.69) is 55.4 Å². The smallest absolute Gasteiger partial charge is 0.302 e. The van der Waals surface area contributed by atoms with Gasteiger partial charge in [-0.05, 0) is 123 Å². The molecule has 34 heavy (non-hydrogen) atoms. The van der Waals surface area contributed by atoms with E-state index in [9.17, 15) is 4.79 Å². The van der Waals surface area contributed by atoms with E-state index in [1.165, 1.54) is 57.8 Å². The molecule has 0 unspecified atom stereocenters. The number of allylic oxidation sites excluding steroid dienone is 2. The van der Waals surface area contributed by atoms with Crippen LogP contribution in [-0.4, -0.2) is 12.1 Å². The molecule has 0 aliphatic heterocycles. The highest BCUT2D eigenvalue weighted by atomic mass is 16.5. The Balaban J connectivity index is 1.51. The van der Waals surface area contributed by atoms with Crippen LogP contribution in [0.4, 0.5) is 0 Å². The van der Waals surface area contributed by atoms with E-state index in [-0.39, 0.29) is 17.5 Å². The highest BCUT2D eigenvalue weighted by molar-refractivity contribution is 5.66. The van der Waals surface area contributed by atoms with Crippen molar-refractivity contribution < 1.29 is 9.53 Å². The minimum absolute atomic E-state index is 0.0582. The molecule has 5 aliphatic carbocycles. The summed E-state index contributed by atoms with van der Waals surface area (Å²) in [5.41, 5.74) is 5.23. The number of hydrogen-bond acceptors (Lipinski definition) is 2. The van der Waals surface area contributed by atoms with E-state index >= 15 is 0 Å². The van der Waals surface area contributed by atoms with Crippen LogP contribution in [0.2, 0.25) is 0 Å². The van der Waals surface area contributed by atoms with Crippen molar-refractivity contribution in [3.8, 4) is 0 Å². The van der Waals surface area contributed by atoms with Gasteiger partial charge in [0.15, 0.2) is 0 Å². The summed E-state index contributed by atoms with van der Waals surface area (Å²) in [5.74, 6) is 2.96. The first-order valence-electron chi connectivity index (χ1n) is 14.5. The lowest BCUT2D eigenvalue weighted by molar-refractivity contribution is -0.247. The van der Waals surface area contributed by atoms with Crippen molar-refractivity contribution in [1.29, 1.82) is 0 Å². The van der Waals surface area contributed by atoms with Crippen molar-refractivity contribution in [3.05, 3.63) is 11.1 Å². The van der Waals surface area contributed by atoms with E-state index in [1.54, 1.807) is 18.1 Å². The number of hydrogen-bond donors (Lipinski definition) is 0. The second kappa shape index (κ2) is 7.61. The van der Waals surface area contributed by atoms with Gasteiger partial charge in [-0.15, -0.1) is 0 Å². The van der Waals surface area contributed by atoms with E-state index < -0.39 is 0 Å². The fourth-order valence-electron chi connectivity index (χ4n) is 11.6. The summed E-state index contributed by atoms with van der Waals surface area (Å²) in [6, 6.07) is 0. The zero-order valence-corrected chi connectivity index (χ0v) is 23.8. The molecule has 0 aromatic rings. The first kappa shape index (κ1) is 24.9. The molecule has 2 heteroatoms. The fraction of sp³-hybridized carbons (Fsp3) is 0.906. The van der Waals surface area contributed by atoms with Gasteiger partial charge in [0.1, 0.15) is 6.10 Å². The SMILES string of the molecule is CC(=O)O[C@H]1CC[C@@]2(C)[C@H](CC[C@]3(C)[C@H]2CC[C@@H]2[C@@H]4C(C)=C(C)CC[C@]4(C)CC[C@]23C)C1(C)C. The lowest BCUT2D eigenvalue weighted by Crippen LogP contribution is -2.66. The van der Waals surface area contributed by atoms with Gasteiger partial charge < -0.3 is 4.74 Å². The molecule has 9 atom stereocenters. The van der Waals surface area contributed by atoms with Gasteiger partial charge in [0.25, 0.3) is 0 Å². The van der Waals surface area contributed by atoms with Crippen LogP contribution < -0.4 is 0 Å². The summed E-state index contributed by atoms with van der Waals surface area (Å²) in [6.07, 6.45) is 13.4. The van der Waals surface area contributed by atoms with Gasteiger partial charge in [-0.1, -0.05) is 52.7 Å². The van der Waals surface area contributed by atoms with E-state index in [0.29, 0.717) is 27.6 Å². The molecule has 192 valence electrons. The average molecular weight is 469 g/mol. The summed E-state index contributed by atoms with van der Waals surface area (Å²) < 4.78 is 5.92. The number of rotatable bonds is 1. The first-order chi connectivity index (χ1) is 15.7. The van der Waals surface area contributed by atoms with Gasteiger partial charge in [0.05, 0.1) is 0 Å². The Kier molecular flexibility index (Phi) is 5.57. The van der Waals surface area contributed by atoms with Crippen molar-refractivity contribution in [2.24, 2.45) is 50.7 Å². The van der Waals surface area contributed by atoms with Gasteiger partial charge in [-0.2, -0.15) is 0 Å². The van der Waals surface area contributed by atoms with Crippen LogP contribution in [0.25, 0.3) is 0 Å². The Morgan fingerprint density at radius 3 is 2.18 bits per heavy atom. The number of ether oxygens (including phenoxy) is 1. The number of carbonyl (C=O) groups excluding carboxylic acids is 1. The van der Waals surface area contributed by atoms with Crippen molar-refractivity contribution in [3.63, 3.8) is 0 Å². The van der Waals surface area contributed by atoms with Gasteiger partial charge in [-0.3, -0.25) is 4.79 Å². The van der Waals surface area contributed by atoms with Crippen molar-refractivity contribution >= 4 is 5.97 Å². The maximum atomic E-state index is 11.9. The van der Waals surface area contributed by atoms with Gasteiger partial charge >= 0.3 is 5.97 Å². The molecular weight excluding hydrogens is 416 g/mol. The van der Waals surface area contributed by atoms with Crippen LogP contribution in [0.3, 0.4) is 0 Å². The summed E-state index contributed by atoms with van der Waals surface area (Å²) in [5, 5.41) is 0. The standard InChI is InChI=1S/C32H52O2/c1-20-12-15-29(6)18-19-31(8)23(27(29)21(20)2)10-11-25-30(7)16-14-26(34-22(3)33)28(4,5)24(30)13-17-32(25,31)9/h23-27H,10-19H2,1-9H3/t23-,24-,25+,26+,27+,29-,30+,31-,32-/m1/s1. The van der Waals surface area contributed by atoms with Gasteiger partial charge in [-0.25, -0.2) is 0 Å². The molecule has 0 aromatic heterocycles. The predicted molar refractivity (Wildman–Crippen MR) is 140 cm³/mol. The molecule has 0 amide bonds. The molecule has 0 aromatic carbocycles. The zero-order valence-electron chi connectivity index (χ0n) is 23.8. The summed E-state index contributed by atoms with van der Waals surface area (Å²) in [4.78, 5) is 11.9. The zero-order chi connectivity index (χ0) is 24.9. The summed E-state index contributed by atoms with van der Waals surface area (Å²) >= 11 is 0. The maximum Gasteiger partial charge on any atom is 0.302 e. The molecule has 2 nitrogen and oxygen atoms in total. The topological polar surface area (TPSA) is 26.3 Å². The van der Waals surface area contributed by atoms with Crippen molar-refractivity contribution in [2.45, 2.75) is 133 Å². The van der Waals surface area contributed by atoms with Crippen LogP contribution in [-0.2, 0) is 9.53 Å². The average Bonchev–Trinajstić information content (AvgIpc) is 2.74. The largest absolute Gasteiger partial charge is 0.462 e. The van der Waals surface area contributed by atoms with Crippen LogP contribution in [0.1, 0.15) is 127 Å². The lowest BCUT2D eigenvalue weighted by Gasteiger charge is -2.73. The molecule has 4 saturated carbocycles. The quantitative estimate of drug-likeness (QED) is 0.284. The van der Waals surface area contributed by atoms with Crippen molar-refractivity contribution in [1.82, 2.24) is 0 Å². The number of carbonyl (C=O) groups is 1. The Bertz CT molecular complexity index is 899. The van der Waals surface area contributed by atoms with Gasteiger partial charge in [0, 0.05) is 12.3 Å². The molecule has 5 rings (SSSR count). The molecule has 0 heterocycles. The Labute approximate surface area is 210 Å². The third-order valence-electron chi connectivity index (χ3n) is 13.8. The Morgan fingerprint density at radius 2 is 1.50 bits per heavy atom. The molecule has 0 radical (unpaired) electrons. The highest BCUT2D eigenvalue weighted by Gasteiger charge is 2.69. The summed E-state index contributed by atoms with van der Waals surface area (Å²) in [6.45, 7) is 22.1. The number of fused-ring (bicyclic) bond motifs is 7. The molecule has 0 N–H and O–H groups in total. The molecule has 5 aliphatic rings. The number of esters is 1. The predicted octanol–water partition coefficient (Wildman–Crippen LogP) is 8.74. The van der Waals surface area contributed by atoms with Crippen molar-refractivity contribution in [2.75, 3.05) is 0 Å². The Morgan fingerprint density at radius 1 is 0.794 bits per heavy atom. The molecule has 4 fully saturated rings. The van der Waals surface area contributed by atoms with E-state index in [1.807, 2.05) is 0 Å². The second-order valence-corrected chi connectivity index (χ2v) is 15.2. The molecule has 0 bridgehead atoms. The normalized spacial score (nSPS) is 52.1. The first-order valence-corrected chi connectivity index (χ1v) is 14.5. The Hall–Kier alpha value is -0.790. The minimum atomic E-state index is -0.105. The monoisotopic (exact) mass is 468 g/mol.